The van der Waals surface area contributed by atoms with Crippen LogP contribution in [0.25, 0.3) is 0 Å². The number of likely N-dealkylation sites (tertiary alicyclic amines) is 1. The molecule has 1 N–H and O–H groups in total. The van der Waals surface area contributed by atoms with Crippen molar-refractivity contribution in [2.24, 2.45) is 5.41 Å². The molecule has 1 aliphatic rings. The van der Waals surface area contributed by atoms with E-state index in [0.717, 1.165) is 6.54 Å². The molecule has 0 bridgehead atoms. The van der Waals surface area contributed by atoms with E-state index in [-0.39, 0.29) is 12.0 Å². The lowest BCUT2D eigenvalue weighted by atomic mass is 9.92. The zero-order valence-corrected chi connectivity index (χ0v) is 11.4. The molecule has 1 rings (SSSR count). The van der Waals surface area contributed by atoms with Crippen molar-refractivity contribution in [2.45, 2.75) is 39.7 Å². The Morgan fingerprint density at radius 1 is 1.31 bits per heavy atom. The van der Waals surface area contributed by atoms with Gasteiger partial charge in [0.05, 0.1) is 0 Å². The summed E-state index contributed by atoms with van der Waals surface area (Å²) < 4.78 is 0. The Morgan fingerprint density at radius 2 is 1.88 bits per heavy atom. The zero-order valence-electron chi connectivity index (χ0n) is 11.4. The predicted octanol–water partition coefficient (Wildman–Crippen LogP) is 1.42. The van der Waals surface area contributed by atoms with Crippen LogP contribution in [0.15, 0.2) is 0 Å². The van der Waals surface area contributed by atoms with E-state index in [4.69, 9.17) is 0 Å². The highest BCUT2D eigenvalue weighted by Gasteiger charge is 2.26. The van der Waals surface area contributed by atoms with Crippen LogP contribution >= 0.6 is 0 Å². The van der Waals surface area contributed by atoms with Gasteiger partial charge in [-0.25, -0.2) is 0 Å². The van der Waals surface area contributed by atoms with Crippen molar-refractivity contribution in [3.8, 4) is 0 Å². The maximum atomic E-state index is 9.29. The molecule has 0 amide bonds. The van der Waals surface area contributed by atoms with Crippen LogP contribution in [0.5, 0.6) is 0 Å². The number of nitrogens with zero attached hydrogens (tertiary/aromatic N) is 2. The summed E-state index contributed by atoms with van der Waals surface area (Å²) in [5.41, 5.74) is 0.0244. The van der Waals surface area contributed by atoms with Gasteiger partial charge in [0.1, 0.15) is 0 Å². The summed E-state index contributed by atoms with van der Waals surface area (Å²) in [5, 5.41) is 9.29. The summed E-state index contributed by atoms with van der Waals surface area (Å²) in [5.74, 6) is 0. The van der Waals surface area contributed by atoms with Crippen molar-refractivity contribution in [3.05, 3.63) is 0 Å². The van der Waals surface area contributed by atoms with Crippen molar-refractivity contribution in [1.82, 2.24) is 9.80 Å². The highest BCUT2D eigenvalue weighted by Crippen LogP contribution is 2.21. The molecule has 0 aromatic carbocycles. The molecule has 0 unspecified atom stereocenters. The minimum Gasteiger partial charge on any atom is -0.396 e. The number of aliphatic hydroxyl groups is 1. The molecular weight excluding hydrogens is 200 g/mol. The van der Waals surface area contributed by atoms with Gasteiger partial charge in [-0.1, -0.05) is 20.8 Å². The molecule has 0 saturated carbocycles. The monoisotopic (exact) mass is 228 g/mol. The lowest BCUT2D eigenvalue weighted by molar-refractivity contribution is 0.0685. The largest absolute Gasteiger partial charge is 0.396 e. The summed E-state index contributed by atoms with van der Waals surface area (Å²) in [4.78, 5) is 4.95. The van der Waals surface area contributed by atoms with Crippen LogP contribution in [0.4, 0.5) is 0 Å². The van der Waals surface area contributed by atoms with Crippen LogP contribution in [-0.4, -0.2) is 60.8 Å². The van der Waals surface area contributed by atoms with E-state index in [1.54, 1.807) is 0 Å². The van der Waals surface area contributed by atoms with Gasteiger partial charge in [-0.15, -0.1) is 0 Å². The Labute approximate surface area is 100 Å². The number of rotatable bonds is 5. The maximum Gasteiger partial charge on any atom is 0.0494 e. The fourth-order valence-electron chi connectivity index (χ4n) is 2.53. The van der Waals surface area contributed by atoms with E-state index < -0.39 is 0 Å². The first-order valence-electron chi connectivity index (χ1n) is 6.52. The molecule has 0 aromatic rings. The Hall–Kier alpha value is -0.120. The van der Waals surface area contributed by atoms with Gasteiger partial charge in [0, 0.05) is 24.6 Å². The summed E-state index contributed by atoms with van der Waals surface area (Å²) in [6.45, 7) is 11.4. The quantitative estimate of drug-likeness (QED) is 0.771. The molecule has 1 fully saturated rings. The first-order valence-corrected chi connectivity index (χ1v) is 6.52. The molecule has 16 heavy (non-hydrogen) atoms. The third-order valence-corrected chi connectivity index (χ3v) is 3.73. The van der Waals surface area contributed by atoms with E-state index in [1.165, 1.54) is 32.5 Å². The third kappa shape index (κ3) is 4.04. The van der Waals surface area contributed by atoms with E-state index in [0.29, 0.717) is 6.04 Å². The Kier molecular flexibility index (Phi) is 5.22. The molecule has 0 aliphatic carbocycles. The van der Waals surface area contributed by atoms with Crippen molar-refractivity contribution in [2.75, 3.05) is 39.8 Å². The smallest absolute Gasteiger partial charge is 0.0494 e. The Balaban J connectivity index is 2.36. The topological polar surface area (TPSA) is 26.7 Å². The van der Waals surface area contributed by atoms with Crippen molar-refractivity contribution < 1.29 is 5.11 Å². The standard InChI is InChI=1S/C13H28N2O/c1-5-15-8-6-12(7-9-15)14(4)10-13(2,3)11-16/h12,16H,5-11H2,1-4H3. The lowest BCUT2D eigenvalue weighted by Crippen LogP contribution is -2.46. The Bertz CT molecular complexity index is 198. The van der Waals surface area contributed by atoms with E-state index in [2.05, 4.69) is 37.6 Å². The summed E-state index contributed by atoms with van der Waals surface area (Å²) in [6.07, 6.45) is 2.54. The van der Waals surface area contributed by atoms with Crippen molar-refractivity contribution in [1.29, 1.82) is 0 Å². The van der Waals surface area contributed by atoms with Gasteiger partial charge in [-0.3, -0.25) is 0 Å². The molecule has 0 radical (unpaired) electrons. The average Bonchev–Trinajstić information content (AvgIpc) is 2.28. The molecule has 96 valence electrons. The molecule has 1 saturated heterocycles. The molecule has 3 heteroatoms. The average molecular weight is 228 g/mol. The number of hydrogen-bond donors (Lipinski definition) is 1. The second-order valence-electron chi connectivity index (χ2n) is 5.90. The molecule has 0 spiro atoms. The molecule has 0 atom stereocenters. The lowest BCUT2D eigenvalue weighted by Gasteiger charge is -2.39. The summed E-state index contributed by atoms with van der Waals surface area (Å²) in [7, 11) is 2.20. The van der Waals surface area contributed by atoms with Gasteiger partial charge < -0.3 is 14.9 Å². The molecule has 0 aromatic heterocycles. The van der Waals surface area contributed by atoms with Gasteiger partial charge in [0.25, 0.3) is 0 Å². The number of hydrogen-bond acceptors (Lipinski definition) is 3. The highest BCUT2D eigenvalue weighted by molar-refractivity contribution is 4.81. The van der Waals surface area contributed by atoms with Crippen LogP contribution in [0.1, 0.15) is 33.6 Å². The normalized spacial score (nSPS) is 20.6. The second kappa shape index (κ2) is 5.99. The van der Waals surface area contributed by atoms with Crippen LogP contribution in [0, 0.1) is 5.41 Å². The van der Waals surface area contributed by atoms with Gasteiger partial charge in [-0.2, -0.15) is 0 Å². The fraction of sp³-hybridized carbons (Fsp3) is 1.00. The maximum absolute atomic E-state index is 9.29. The molecular formula is C13H28N2O. The van der Waals surface area contributed by atoms with Crippen LogP contribution < -0.4 is 0 Å². The van der Waals surface area contributed by atoms with E-state index in [1.807, 2.05) is 0 Å². The van der Waals surface area contributed by atoms with Gasteiger partial charge >= 0.3 is 0 Å². The van der Waals surface area contributed by atoms with E-state index in [9.17, 15) is 5.11 Å². The van der Waals surface area contributed by atoms with E-state index >= 15 is 0 Å². The highest BCUT2D eigenvalue weighted by atomic mass is 16.3. The first-order chi connectivity index (χ1) is 7.48. The van der Waals surface area contributed by atoms with Crippen LogP contribution in [-0.2, 0) is 0 Å². The third-order valence-electron chi connectivity index (χ3n) is 3.73. The minimum absolute atomic E-state index is 0.0244. The summed E-state index contributed by atoms with van der Waals surface area (Å²) >= 11 is 0. The van der Waals surface area contributed by atoms with Gasteiger partial charge in [0.15, 0.2) is 0 Å². The number of aliphatic hydroxyl groups excluding tert-OH is 1. The SMILES string of the molecule is CCN1CCC(N(C)CC(C)(C)CO)CC1. The fourth-order valence-corrected chi connectivity index (χ4v) is 2.53. The van der Waals surface area contributed by atoms with Gasteiger partial charge in [-0.05, 0) is 39.5 Å². The molecule has 3 nitrogen and oxygen atoms in total. The van der Waals surface area contributed by atoms with Crippen molar-refractivity contribution in [3.63, 3.8) is 0 Å². The first kappa shape index (κ1) is 13.9. The number of piperidine rings is 1. The van der Waals surface area contributed by atoms with Gasteiger partial charge in [0.2, 0.25) is 0 Å². The molecule has 1 aliphatic heterocycles. The predicted molar refractivity (Wildman–Crippen MR) is 68.6 cm³/mol. The minimum atomic E-state index is 0.0244. The Morgan fingerprint density at radius 3 is 2.31 bits per heavy atom. The van der Waals surface area contributed by atoms with Crippen LogP contribution in [0.2, 0.25) is 0 Å². The van der Waals surface area contributed by atoms with Crippen LogP contribution in [0.3, 0.4) is 0 Å². The molecule has 1 heterocycles. The second-order valence-corrected chi connectivity index (χ2v) is 5.90. The zero-order chi connectivity index (χ0) is 12.2. The summed E-state index contributed by atoms with van der Waals surface area (Å²) in [6, 6.07) is 0.702. The van der Waals surface area contributed by atoms with Crippen molar-refractivity contribution >= 4 is 0 Å².